The molecule has 182 valence electrons. The first-order valence-electron chi connectivity index (χ1n) is 11.4. The van der Waals surface area contributed by atoms with E-state index in [1.54, 1.807) is 12.1 Å². The number of carbonyl (C=O) groups excluding carboxylic acids is 5. The predicted molar refractivity (Wildman–Crippen MR) is 126 cm³/mol. The molecule has 3 amide bonds. The molecule has 0 aromatic heterocycles. The van der Waals surface area contributed by atoms with Gasteiger partial charge in [0.1, 0.15) is 0 Å². The van der Waals surface area contributed by atoms with Gasteiger partial charge in [-0.15, -0.1) is 0 Å². The molecule has 0 bridgehead atoms. The van der Waals surface area contributed by atoms with Crippen LogP contribution < -0.4 is 10.2 Å². The Hall–Kier alpha value is -4.01. The maximum absolute atomic E-state index is 13.0. The second kappa shape index (κ2) is 10.1. The number of anilines is 2. The van der Waals surface area contributed by atoms with Gasteiger partial charge in [-0.25, -0.2) is 9.59 Å². The van der Waals surface area contributed by atoms with Crippen LogP contribution >= 0.6 is 0 Å². The molecule has 9 nitrogen and oxygen atoms in total. The van der Waals surface area contributed by atoms with Gasteiger partial charge in [-0.2, -0.15) is 0 Å². The molecule has 2 fully saturated rings. The number of fused-ring (bicyclic) bond motifs is 1. The van der Waals surface area contributed by atoms with Crippen molar-refractivity contribution >= 4 is 41.0 Å². The number of esters is 2. The zero-order valence-electron chi connectivity index (χ0n) is 19.5. The van der Waals surface area contributed by atoms with Crippen LogP contribution in [0.25, 0.3) is 0 Å². The Morgan fingerprint density at radius 1 is 0.943 bits per heavy atom. The summed E-state index contributed by atoms with van der Waals surface area (Å²) in [7, 11) is 1.27. The third-order valence-corrected chi connectivity index (χ3v) is 6.45. The first kappa shape index (κ1) is 24.1. The third kappa shape index (κ3) is 5.08. The molecule has 1 aliphatic carbocycles. The van der Waals surface area contributed by atoms with Crippen LogP contribution in [0.15, 0.2) is 48.5 Å². The average molecular weight is 479 g/mol. The van der Waals surface area contributed by atoms with Gasteiger partial charge in [-0.05, 0) is 67.6 Å². The first-order valence-corrected chi connectivity index (χ1v) is 11.4. The average Bonchev–Trinajstić information content (AvgIpc) is 3.11. The highest BCUT2D eigenvalue weighted by Gasteiger charge is 2.50. The number of hydrogen-bond acceptors (Lipinski definition) is 7. The van der Waals surface area contributed by atoms with Crippen molar-refractivity contribution in [3.05, 3.63) is 59.7 Å². The van der Waals surface area contributed by atoms with Crippen LogP contribution in [0.2, 0.25) is 0 Å². The molecule has 1 N–H and O–H groups in total. The summed E-state index contributed by atoms with van der Waals surface area (Å²) in [4.78, 5) is 63.2. The lowest BCUT2D eigenvalue weighted by molar-refractivity contribution is -0.122. The standard InChI is InChI=1S/C26H26N2O7/c1-15-6-11-20-21(12-15)24(31)28(23(20)30)19-5-3-4-17(13-19)26(33)35-14-22(29)27-18-9-7-16(8-10-18)25(32)34-2/h3-5,7-10,13,15,20-21H,6,11-12,14H2,1-2H3,(H,27,29)/t15-,20+,21-/m0/s1. The number of amides is 3. The summed E-state index contributed by atoms with van der Waals surface area (Å²) in [5.74, 6) is -2.50. The lowest BCUT2D eigenvalue weighted by Crippen LogP contribution is -2.31. The maximum atomic E-state index is 13.0. The van der Waals surface area contributed by atoms with E-state index in [-0.39, 0.29) is 29.2 Å². The maximum Gasteiger partial charge on any atom is 0.338 e. The minimum Gasteiger partial charge on any atom is -0.465 e. The summed E-state index contributed by atoms with van der Waals surface area (Å²) in [5.41, 5.74) is 1.20. The second-order valence-corrected chi connectivity index (χ2v) is 8.89. The summed E-state index contributed by atoms with van der Waals surface area (Å²) in [6, 6.07) is 12.2. The minimum atomic E-state index is -0.756. The van der Waals surface area contributed by atoms with E-state index in [9.17, 15) is 24.0 Å². The van der Waals surface area contributed by atoms with E-state index in [1.807, 2.05) is 0 Å². The van der Waals surface area contributed by atoms with E-state index in [4.69, 9.17) is 4.74 Å². The van der Waals surface area contributed by atoms with E-state index in [1.165, 1.54) is 48.4 Å². The SMILES string of the molecule is COC(=O)c1ccc(NC(=O)COC(=O)c2cccc(N3C(=O)[C@H]4C[C@@H](C)CC[C@H]4C3=O)c2)cc1. The topological polar surface area (TPSA) is 119 Å². The number of nitrogens with zero attached hydrogens (tertiary/aromatic N) is 1. The fraction of sp³-hybridized carbons (Fsp3) is 0.346. The van der Waals surface area contributed by atoms with Crippen LogP contribution in [0.5, 0.6) is 0 Å². The van der Waals surface area contributed by atoms with Gasteiger partial charge in [-0.1, -0.05) is 13.0 Å². The summed E-state index contributed by atoms with van der Waals surface area (Å²) in [6.45, 7) is 1.55. The number of nitrogens with one attached hydrogen (secondary N) is 1. The first-order chi connectivity index (χ1) is 16.8. The van der Waals surface area contributed by atoms with Gasteiger partial charge in [0.05, 0.1) is 35.8 Å². The molecule has 1 saturated carbocycles. The highest BCUT2D eigenvalue weighted by Crippen LogP contribution is 2.42. The van der Waals surface area contributed by atoms with Crippen LogP contribution in [-0.2, 0) is 23.9 Å². The highest BCUT2D eigenvalue weighted by molar-refractivity contribution is 6.22. The third-order valence-electron chi connectivity index (χ3n) is 6.45. The van der Waals surface area contributed by atoms with E-state index >= 15 is 0 Å². The zero-order chi connectivity index (χ0) is 25.1. The number of methoxy groups -OCH3 is 1. The Balaban J connectivity index is 1.37. The minimum absolute atomic E-state index is 0.126. The van der Waals surface area contributed by atoms with E-state index in [0.717, 1.165) is 6.42 Å². The number of carbonyl (C=O) groups is 5. The Kier molecular flexibility index (Phi) is 6.95. The molecule has 2 aromatic carbocycles. The van der Waals surface area contributed by atoms with Gasteiger partial charge in [0.15, 0.2) is 6.61 Å². The molecule has 9 heteroatoms. The molecule has 1 aliphatic heterocycles. The van der Waals surface area contributed by atoms with Crippen LogP contribution in [0, 0.1) is 17.8 Å². The van der Waals surface area contributed by atoms with Crippen molar-refractivity contribution in [2.45, 2.75) is 26.2 Å². The molecule has 35 heavy (non-hydrogen) atoms. The molecule has 2 aliphatic rings. The molecular weight excluding hydrogens is 452 g/mol. The van der Waals surface area contributed by atoms with Crippen molar-refractivity contribution in [1.82, 2.24) is 0 Å². The molecule has 3 atom stereocenters. The Morgan fingerprint density at radius 2 is 1.66 bits per heavy atom. The van der Waals surface area contributed by atoms with E-state index < -0.39 is 24.5 Å². The van der Waals surface area contributed by atoms with Crippen molar-refractivity contribution in [3.8, 4) is 0 Å². The quantitative estimate of drug-likeness (QED) is 0.500. The Labute approximate surface area is 202 Å². The second-order valence-electron chi connectivity index (χ2n) is 8.89. The smallest absolute Gasteiger partial charge is 0.338 e. The molecule has 1 heterocycles. The van der Waals surface area contributed by atoms with Crippen molar-refractivity contribution in [3.63, 3.8) is 0 Å². The van der Waals surface area contributed by atoms with Gasteiger partial charge < -0.3 is 14.8 Å². The van der Waals surface area contributed by atoms with Crippen molar-refractivity contribution in [2.75, 3.05) is 23.9 Å². The highest BCUT2D eigenvalue weighted by atomic mass is 16.5. The van der Waals surface area contributed by atoms with Gasteiger partial charge in [0.2, 0.25) is 11.8 Å². The van der Waals surface area contributed by atoms with Crippen molar-refractivity contribution in [2.24, 2.45) is 17.8 Å². The molecular formula is C26H26N2O7. The van der Waals surface area contributed by atoms with Crippen LogP contribution in [0.1, 0.15) is 46.9 Å². The van der Waals surface area contributed by atoms with Gasteiger partial charge >= 0.3 is 11.9 Å². The van der Waals surface area contributed by atoms with Gasteiger partial charge in [0, 0.05) is 5.69 Å². The lowest BCUT2D eigenvalue weighted by Gasteiger charge is -2.25. The van der Waals surface area contributed by atoms with Crippen LogP contribution in [-0.4, -0.2) is 43.4 Å². The van der Waals surface area contributed by atoms with E-state index in [2.05, 4.69) is 17.0 Å². The fourth-order valence-electron chi connectivity index (χ4n) is 4.64. The van der Waals surface area contributed by atoms with Gasteiger partial charge in [0.25, 0.3) is 5.91 Å². The van der Waals surface area contributed by atoms with Crippen LogP contribution in [0.4, 0.5) is 11.4 Å². The Morgan fingerprint density at radius 3 is 2.37 bits per heavy atom. The summed E-state index contributed by atoms with van der Waals surface area (Å²) >= 11 is 0. The zero-order valence-corrected chi connectivity index (χ0v) is 19.5. The summed E-state index contributed by atoms with van der Waals surface area (Å²) in [5, 5.41) is 2.57. The monoisotopic (exact) mass is 478 g/mol. The van der Waals surface area contributed by atoms with E-state index in [0.29, 0.717) is 35.7 Å². The predicted octanol–water partition coefficient (Wildman–Crippen LogP) is 3.19. The van der Waals surface area contributed by atoms with Crippen molar-refractivity contribution in [1.29, 1.82) is 0 Å². The lowest BCUT2D eigenvalue weighted by atomic mass is 9.76. The number of hydrogen-bond donors (Lipinski definition) is 1. The normalized spacial score (nSPS) is 21.3. The Bertz CT molecular complexity index is 1170. The number of benzene rings is 2. The molecule has 0 radical (unpaired) electrons. The molecule has 4 rings (SSSR count). The van der Waals surface area contributed by atoms with Gasteiger partial charge in [-0.3, -0.25) is 19.3 Å². The molecule has 1 saturated heterocycles. The number of imide groups is 1. The summed E-state index contributed by atoms with van der Waals surface area (Å²) in [6.07, 6.45) is 2.29. The largest absolute Gasteiger partial charge is 0.465 e. The molecule has 2 aromatic rings. The summed E-state index contributed by atoms with van der Waals surface area (Å²) < 4.78 is 9.73. The number of rotatable bonds is 6. The van der Waals surface area contributed by atoms with Crippen molar-refractivity contribution < 1.29 is 33.4 Å². The molecule has 0 unspecified atom stereocenters. The fourth-order valence-corrected chi connectivity index (χ4v) is 4.64. The van der Waals surface area contributed by atoms with Crippen LogP contribution in [0.3, 0.4) is 0 Å². The number of ether oxygens (including phenoxy) is 2. The molecule has 0 spiro atoms.